The number of aryl methyl sites for hydroxylation is 1. The normalized spacial score (nSPS) is 16.0. The molecule has 2 aromatic rings. The van der Waals surface area contributed by atoms with Gasteiger partial charge < -0.3 is 20.1 Å². The monoisotopic (exact) mass is 331 g/mol. The number of nitrogens with two attached hydrogens (primary N) is 1. The molecule has 0 aliphatic carbocycles. The number of rotatable bonds is 3. The minimum absolute atomic E-state index is 0.618. The molecule has 0 spiro atoms. The summed E-state index contributed by atoms with van der Waals surface area (Å²) in [5.41, 5.74) is 8.51. The molecular formula is C17H22ClN5. The van der Waals surface area contributed by atoms with Gasteiger partial charge in [0, 0.05) is 55.8 Å². The van der Waals surface area contributed by atoms with E-state index in [1.165, 1.54) is 5.69 Å². The van der Waals surface area contributed by atoms with E-state index in [4.69, 9.17) is 17.3 Å². The third-order valence-corrected chi connectivity index (χ3v) is 4.50. The molecule has 2 N–H and O–H groups in total. The summed E-state index contributed by atoms with van der Waals surface area (Å²) in [6.07, 6.45) is 2.02. The first-order chi connectivity index (χ1) is 11.1. The molecule has 122 valence electrons. The molecule has 23 heavy (non-hydrogen) atoms. The Hall–Kier alpha value is -2.14. The van der Waals surface area contributed by atoms with Crippen LogP contribution in [0.4, 0.5) is 5.69 Å². The van der Waals surface area contributed by atoms with Gasteiger partial charge in [-0.15, -0.1) is 0 Å². The molecule has 0 bridgehead atoms. The Morgan fingerprint density at radius 1 is 1.13 bits per heavy atom. The quantitative estimate of drug-likeness (QED) is 0.693. The highest BCUT2D eigenvalue weighted by Crippen LogP contribution is 2.19. The Kier molecular flexibility index (Phi) is 4.76. The third-order valence-electron chi connectivity index (χ3n) is 4.25. The molecule has 0 saturated carbocycles. The molecule has 1 aromatic heterocycles. The first-order valence-electron chi connectivity index (χ1n) is 7.79. The Labute approximate surface area is 142 Å². The van der Waals surface area contributed by atoms with Crippen molar-refractivity contribution >= 4 is 23.2 Å². The van der Waals surface area contributed by atoms with Crippen molar-refractivity contribution in [3.8, 4) is 0 Å². The first kappa shape index (κ1) is 15.7. The Balaban J connectivity index is 1.55. The maximum atomic E-state index is 6.15. The molecule has 2 heterocycles. The molecule has 0 unspecified atom stereocenters. The second-order valence-corrected chi connectivity index (χ2v) is 6.17. The van der Waals surface area contributed by atoms with Gasteiger partial charge >= 0.3 is 0 Å². The maximum Gasteiger partial charge on any atom is 0.191 e. The van der Waals surface area contributed by atoms with E-state index < -0.39 is 0 Å². The number of aliphatic imine (C=N–C) groups is 1. The minimum Gasteiger partial charge on any atom is -0.370 e. The van der Waals surface area contributed by atoms with Gasteiger partial charge in [-0.1, -0.05) is 11.6 Å². The number of anilines is 1. The van der Waals surface area contributed by atoms with Gasteiger partial charge in [-0.25, -0.2) is 4.99 Å². The van der Waals surface area contributed by atoms with Crippen LogP contribution in [-0.2, 0) is 13.6 Å². The summed E-state index contributed by atoms with van der Waals surface area (Å²) in [5, 5.41) is 0.768. The van der Waals surface area contributed by atoms with Crippen LogP contribution >= 0.6 is 11.6 Å². The molecule has 0 amide bonds. The van der Waals surface area contributed by atoms with Crippen molar-refractivity contribution in [2.45, 2.75) is 6.54 Å². The molecule has 0 atom stereocenters. The van der Waals surface area contributed by atoms with Gasteiger partial charge in [0.25, 0.3) is 0 Å². The van der Waals surface area contributed by atoms with E-state index >= 15 is 0 Å². The summed E-state index contributed by atoms with van der Waals surface area (Å²) >= 11 is 5.94. The zero-order chi connectivity index (χ0) is 16.2. The van der Waals surface area contributed by atoms with E-state index in [0.29, 0.717) is 12.5 Å². The van der Waals surface area contributed by atoms with Crippen LogP contribution in [-0.4, -0.2) is 41.6 Å². The molecule has 6 heteroatoms. The highest BCUT2D eigenvalue weighted by Gasteiger charge is 2.18. The molecule has 1 aliphatic rings. The largest absolute Gasteiger partial charge is 0.370 e. The van der Waals surface area contributed by atoms with Gasteiger partial charge in [0.1, 0.15) is 0 Å². The number of piperazine rings is 1. The van der Waals surface area contributed by atoms with Crippen LogP contribution < -0.4 is 10.6 Å². The van der Waals surface area contributed by atoms with Crippen LogP contribution in [0.5, 0.6) is 0 Å². The SMILES string of the molecule is Cn1cccc1CN=C(N)N1CCN(c2ccc(Cl)cc2)CC1. The minimum atomic E-state index is 0.618. The van der Waals surface area contributed by atoms with Crippen LogP contribution in [0.1, 0.15) is 5.69 Å². The molecular weight excluding hydrogens is 310 g/mol. The molecule has 1 aliphatic heterocycles. The topological polar surface area (TPSA) is 49.8 Å². The van der Waals surface area contributed by atoms with Crippen molar-refractivity contribution in [3.05, 3.63) is 53.3 Å². The van der Waals surface area contributed by atoms with Gasteiger partial charge in [0.2, 0.25) is 0 Å². The number of nitrogens with zero attached hydrogens (tertiary/aromatic N) is 4. The molecule has 1 aromatic carbocycles. The molecule has 5 nitrogen and oxygen atoms in total. The van der Waals surface area contributed by atoms with E-state index in [9.17, 15) is 0 Å². The van der Waals surface area contributed by atoms with Gasteiger partial charge in [0.15, 0.2) is 5.96 Å². The van der Waals surface area contributed by atoms with Crippen LogP contribution in [0.15, 0.2) is 47.6 Å². The van der Waals surface area contributed by atoms with Crippen molar-refractivity contribution in [3.63, 3.8) is 0 Å². The Morgan fingerprint density at radius 3 is 2.43 bits per heavy atom. The lowest BCUT2D eigenvalue weighted by molar-refractivity contribution is 0.380. The second kappa shape index (κ2) is 6.96. The summed E-state index contributed by atoms with van der Waals surface area (Å²) in [4.78, 5) is 9.02. The lowest BCUT2D eigenvalue weighted by Crippen LogP contribution is -2.51. The fraction of sp³-hybridized carbons (Fsp3) is 0.353. The van der Waals surface area contributed by atoms with E-state index in [0.717, 1.165) is 36.9 Å². The Bertz CT molecular complexity index is 669. The fourth-order valence-corrected chi connectivity index (χ4v) is 2.89. The average Bonchev–Trinajstić information content (AvgIpc) is 2.99. The predicted molar refractivity (Wildman–Crippen MR) is 96.0 cm³/mol. The number of guanidine groups is 1. The summed E-state index contributed by atoms with van der Waals surface area (Å²) < 4.78 is 2.06. The van der Waals surface area contributed by atoms with Crippen molar-refractivity contribution < 1.29 is 0 Å². The van der Waals surface area contributed by atoms with Gasteiger partial charge in [-0.2, -0.15) is 0 Å². The average molecular weight is 332 g/mol. The molecule has 3 rings (SSSR count). The van der Waals surface area contributed by atoms with Crippen LogP contribution in [0, 0.1) is 0 Å². The van der Waals surface area contributed by atoms with Crippen LogP contribution in [0.2, 0.25) is 5.02 Å². The standard InChI is InChI=1S/C17H22ClN5/c1-21-8-2-3-16(21)13-20-17(19)23-11-9-22(10-12-23)15-6-4-14(18)5-7-15/h2-8H,9-13H2,1H3,(H2,19,20). The van der Waals surface area contributed by atoms with Crippen molar-refractivity contribution in [1.29, 1.82) is 0 Å². The van der Waals surface area contributed by atoms with E-state index in [-0.39, 0.29) is 0 Å². The van der Waals surface area contributed by atoms with Crippen LogP contribution in [0.25, 0.3) is 0 Å². The van der Waals surface area contributed by atoms with Gasteiger partial charge in [0.05, 0.1) is 6.54 Å². The van der Waals surface area contributed by atoms with Crippen molar-refractivity contribution in [1.82, 2.24) is 9.47 Å². The number of benzene rings is 1. The fourth-order valence-electron chi connectivity index (χ4n) is 2.77. The highest BCUT2D eigenvalue weighted by molar-refractivity contribution is 6.30. The number of aromatic nitrogens is 1. The van der Waals surface area contributed by atoms with Crippen molar-refractivity contribution in [2.75, 3.05) is 31.1 Å². The summed E-state index contributed by atoms with van der Waals surface area (Å²) in [7, 11) is 2.02. The zero-order valence-electron chi connectivity index (χ0n) is 13.3. The zero-order valence-corrected chi connectivity index (χ0v) is 14.1. The van der Waals surface area contributed by atoms with Gasteiger partial charge in [-0.3, -0.25) is 0 Å². The summed E-state index contributed by atoms with van der Waals surface area (Å²) in [6, 6.07) is 12.1. The smallest absolute Gasteiger partial charge is 0.191 e. The third kappa shape index (κ3) is 3.79. The molecule has 1 saturated heterocycles. The number of hydrogen-bond acceptors (Lipinski definition) is 2. The summed E-state index contributed by atoms with van der Waals surface area (Å²) in [6.45, 7) is 4.24. The second-order valence-electron chi connectivity index (χ2n) is 5.74. The predicted octanol–water partition coefficient (Wildman–Crippen LogP) is 2.32. The Morgan fingerprint density at radius 2 is 1.83 bits per heavy atom. The van der Waals surface area contributed by atoms with E-state index in [1.807, 2.05) is 31.4 Å². The maximum absolute atomic E-state index is 6.15. The lowest BCUT2D eigenvalue weighted by atomic mass is 10.2. The van der Waals surface area contributed by atoms with E-state index in [2.05, 4.69) is 37.6 Å². The molecule has 0 radical (unpaired) electrons. The van der Waals surface area contributed by atoms with Crippen LogP contribution in [0.3, 0.4) is 0 Å². The summed E-state index contributed by atoms with van der Waals surface area (Å²) in [5.74, 6) is 0.627. The number of halogens is 1. The lowest BCUT2D eigenvalue weighted by Gasteiger charge is -2.36. The molecule has 1 fully saturated rings. The highest BCUT2D eigenvalue weighted by atomic mass is 35.5. The van der Waals surface area contributed by atoms with E-state index in [1.54, 1.807) is 0 Å². The van der Waals surface area contributed by atoms with Gasteiger partial charge in [-0.05, 0) is 36.4 Å². The van der Waals surface area contributed by atoms with Crippen molar-refractivity contribution in [2.24, 2.45) is 17.8 Å². The first-order valence-corrected chi connectivity index (χ1v) is 8.17. The number of hydrogen-bond donors (Lipinski definition) is 1.